The fourth-order valence-corrected chi connectivity index (χ4v) is 3.14. The van der Waals surface area contributed by atoms with Gasteiger partial charge in [-0.3, -0.25) is 4.79 Å². The average molecular weight is 255 g/mol. The van der Waals surface area contributed by atoms with E-state index in [1.54, 1.807) is 12.1 Å². The van der Waals surface area contributed by atoms with Gasteiger partial charge in [0.25, 0.3) is 0 Å². The highest BCUT2D eigenvalue weighted by Crippen LogP contribution is 2.54. The number of halogens is 2. The topological polar surface area (TPSA) is 17.1 Å². The molecule has 0 spiro atoms. The molecule has 3 heteroatoms. The van der Waals surface area contributed by atoms with Crippen LogP contribution >= 0.6 is 11.6 Å². The van der Waals surface area contributed by atoms with Gasteiger partial charge in [0.2, 0.25) is 0 Å². The Kier molecular flexibility index (Phi) is 3.26. The Morgan fingerprint density at radius 2 is 2.06 bits per heavy atom. The number of ketones is 1. The highest BCUT2D eigenvalue weighted by molar-refractivity contribution is 6.30. The molecule has 1 nitrogen and oxygen atoms in total. The van der Waals surface area contributed by atoms with Gasteiger partial charge in [-0.25, -0.2) is 4.39 Å². The molecule has 1 saturated carbocycles. The van der Waals surface area contributed by atoms with Crippen molar-refractivity contribution in [3.63, 3.8) is 0 Å². The van der Waals surface area contributed by atoms with Gasteiger partial charge in [-0.05, 0) is 30.5 Å². The van der Waals surface area contributed by atoms with E-state index in [0.29, 0.717) is 12.2 Å². The van der Waals surface area contributed by atoms with Crippen LogP contribution in [0.15, 0.2) is 18.2 Å². The van der Waals surface area contributed by atoms with E-state index in [1.165, 1.54) is 6.07 Å². The van der Waals surface area contributed by atoms with E-state index >= 15 is 0 Å². The number of carbonyl (C=O) groups excluding carboxylic acids is 1. The number of hydrogen-bond donors (Lipinski definition) is 0. The van der Waals surface area contributed by atoms with E-state index in [0.717, 1.165) is 18.4 Å². The monoisotopic (exact) mass is 254 g/mol. The maximum Gasteiger partial charge on any atom is 0.141 e. The number of hydrogen-bond acceptors (Lipinski definition) is 1. The zero-order valence-corrected chi connectivity index (χ0v) is 10.9. The lowest BCUT2D eigenvalue weighted by Gasteiger charge is -2.47. The van der Waals surface area contributed by atoms with Gasteiger partial charge in [-0.15, -0.1) is 0 Å². The third-order valence-corrected chi connectivity index (χ3v) is 4.51. The summed E-state index contributed by atoms with van der Waals surface area (Å²) in [6.07, 6.45) is 2.23. The maximum atomic E-state index is 13.1. The summed E-state index contributed by atoms with van der Waals surface area (Å²) in [7, 11) is 0. The number of carbonyl (C=O) groups is 1. The molecule has 0 heterocycles. The Labute approximate surface area is 106 Å². The zero-order valence-electron chi connectivity index (χ0n) is 10.1. The summed E-state index contributed by atoms with van der Waals surface area (Å²) in [5.41, 5.74) is 0.737. The SMILES string of the molecule is CCC1(CC)C(=O)CC1c1ccc(F)c(Cl)c1. The van der Waals surface area contributed by atoms with E-state index in [4.69, 9.17) is 11.6 Å². The molecule has 0 saturated heterocycles. The van der Waals surface area contributed by atoms with E-state index in [1.807, 2.05) is 13.8 Å². The molecule has 0 aromatic heterocycles. The third kappa shape index (κ3) is 1.79. The van der Waals surface area contributed by atoms with Gasteiger partial charge in [0.05, 0.1) is 5.02 Å². The predicted molar refractivity (Wildman–Crippen MR) is 66.8 cm³/mol. The molecule has 0 bridgehead atoms. The van der Waals surface area contributed by atoms with Crippen molar-refractivity contribution < 1.29 is 9.18 Å². The minimum absolute atomic E-state index is 0.142. The van der Waals surface area contributed by atoms with Crippen LogP contribution in [0.5, 0.6) is 0 Å². The van der Waals surface area contributed by atoms with Crippen LogP contribution in [0.3, 0.4) is 0 Å². The van der Waals surface area contributed by atoms with Gasteiger partial charge in [0.1, 0.15) is 11.6 Å². The highest BCUT2D eigenvalue weighted by Gasteiger charge is 2.52. The second kappa shape index (κ2) is 4.41. The van der Waals surface area contributed by atoms with E-state index in [-0.39, 0.29) is 16.4 Å². The lowest BCUT2D eigenvalue weighted by molar-refractivity contribution is -0.141. The minimum Gasteiger partial charge on any atom is -0.299 e. The molecule has 1 aliphatic carbocycles. The molecule has 1 aliphatic rings. The van der Waals surface area contributed by atoms with Crippen LogP contribution in [0.2, 0.25) is 5.02 Å². The lowest BCUT2D eigenvalue weighted by Crippen LogP contribution is -2.47. The van der Waals surface area contributed by atoms with Crippen LogP contribution in [0.25, 0.3) is 0 Å². The molecule has 0 amide bonds. The molecule has 1 fully saturated rings. The number of Topliss-reactive ketones (excluding diaryl/α,β-unsaturated/α-hetero) is 1. The summed E-state index contributed by atoms with van der Waals surface area (Å²) in [5, 5.41) is 0.142. The van der Waals surface area contributed by atoms with Gasteiger partial charge >= 0.3 is 0 Å². The van der Waals surface area contributed by atoms with Crippen molar-refractivity contribution in [1.82, 2.24) is 0 Å². The summed E-state index contributed by atoms with van der Waals surface area (Å²) in [4.78, 5) is 11.8. The zero-order chi connectivity index (χ0) is 12.6. The largest absolute Gasteiger partial charge is 0.299 e. The molecule has 2 rings (SSSR count). The van der Waals surface area contributed by atoms with Crippen molar-refractivity contribution in [2.75, 3.05) is 0 Å². The normalized spacial score (nSPS) is 22.4. The minimum atomic E-state index is -0.403. The van der Waals surface area contributed by atoms with Gasteiger partial charge in [-0.1, -0.05) is 31.5 Å². The first kappa shape index (κ1) is 12.6. The average Bonchev–Trinajstić information content (AvgIpc) is 2.32. The Bertz CT molecular complexity index is 452. The molecule has 1 unspecified atom stereocenters. The molecule has 1 aromatic carbocycles. The van der Waals surface area contributed by atoms with Crippen LogP contribution in [-0.4, -0.2) is 5.78 Å². The van der Waals surface area contributed by atoms with Crippen LogP contribution in [0, 0.1) is 11.2 Å². The van der Waals surface area contributed by atoms with Crippen molar-refractivity contribution in [2.24, 2.45) is 5.41 Å². The molecule has 0 aliphatic heterocycles. The Morgan fingerprint density at radius 3 is 2.53 bits per heavy atom. The van der Waals surface area contributed by atoms with Gasteiger partial charge < -0.3 is 0 Å². The first-order valence-electron chi connectivity index (χ1n) is 6.03. The fourth-order valence-electron chi connectivity index (χ4n) is 2.95. The van der Waals surface area contributed by atoms with Crippen molar-refractivity contribution in [2.45, 2.75) is 39.0 Å². The lowest BCUT2D eigenvalue weighted by atomic mass is 9.54. The van der Waals surface area contributed by atoms with Crippen molar-refractivity contribution >= 4 is 17.4 Å². The van der Waals surface area contributed by atoms with Crippen molar-refractivity contribution in [3.05, 3.63) is 34.6 Å². The van der Waals surface area contributed by atoms with Crippen molar-refractivity contribution in [1.29, 1.82) is 0 Å². The Hall–Kier alpha value is -0.890. The smallest absolute Gasteiger partial charge is 0.141 e. The van der Waals surface area contributed by atoms with Crippen LogP contribution in [0.1, 0.15) is 44.6 Å². The molecular formula is C14H16ClFO. The second-order valence-electron chi connectivity index (χ2n) is 4.72. The van der Waals surface area contributed by atoms with Crippen LogP contribution < -0.4 is 0 Å². The quantitative estimate of drug-likeness (QED) is 0.784. The van der Waals surface area contributed by atoms with Crippen LogP contribution in [-0.2, 0) is 4.79 Å². The van der Waals surface area contributed by atoms with E-state index < -0.39 is 5.82 Å². The molecule has 1 atom stereocenters. The van der Waals surface area contributed by atoms with Crippen LogP contribution in [0.4, 0.5) is 4.39 Å². The third-order valence-electron chi connectivity index (χ3n) is 4.22. The molecule has 92 valence electrons. The van der Waals surface area contributed by atoms with E-state index in [2.05, 4.69) is 0 Å². The predicted octanol–water partition coefficient (Wildman–Crippen LogP) is 4.34. The molecule has 0 radical (unpaired) electrons. The second-order valence-corrected chi connectivity index (χ2v) is 5.12. The maximum absolute atomic E-state index is 13.1. The Morgan fingerprint density at radius 1 is 1.41 bits per heavy atom. The summed E-state index contributed by atoms with van der Waals surface area (Å²) in [6, 6.07) is 4.79. The first-order chi connectivity index (χ1) is 8.05. The van der Waals surface area contributed by atoms with Gasteiger partial charge in [-0.2, -0.15) is 0 Å². The van der Waals surface area contributed by atoms with Gasteiger partial charge in [0.15, 0.2) is 0 Å². The Balaban J connectivity index is 2.35. The summed E-state index contributed by atoms with van der Waals surface area (Å²) in [6.45, 7) is 4.08. The van der Waals surface area contributed by atoms with Crippen molar-refractivity contribution in [3.8, 4) is 0 Å². The molecular weight excluding hydrogens is 239 g/mol. The molecule has 0 N–H and O–H groups in total. The standard InChI is InChI=1S/C14H16ClFO/c1-3-14(4-2)10(8-13(14)17)9-5-6-12(16)11(15)7-9/h5-7,10H,3-4,8H2,1-2H3. The summed E-state index contributed by atoms with van der Waals surface area (Å²) in [5.74, 6) is 0.121. The fraction of sp³-hybridized carbons (Fsp3) is 0.500. The first-order valence-corrected chi connectivity index (χ1v) is 6.41. The summed E-state index contributed by atoms with van der Waals surface area (Å²) < 4.78 is 13.1. The van der Waals surface area contributed by atoms with E-state index in [9.17, 15) is 9.18 Å². The molecule has 17 heavy (non-hydrogen) atoms. The number of benzene rings is 1. The number of rotatable bonds is 3. The highest BCUT2D eigenvalue weighted by atomic mass is 35.5. The van der Waals surface area contributed by atoms with Gasteiger partial charge in [0, 0.05) is 17.8 Å². The molecule has 1 aromatic rings. The summed E-state index contributed by atoms with van der Waals surface area (Å²) >= 11 is 5.79.